The van der Waals surface area contributed by atoms with E-state index in [1.54, 1.807) is 0 Å². The molecule has 0 spiro atoms. The number of carboxylic acids is 4. The van der Waals surface area contributed by atoms with Crippen LogP contribution < -0.4 is 0 Å². The molecule has 3 atom stereocenters. The molecule has 168 valence electrons. The van der Waals surface area contributed by atoms with Crippen molar-refractivity contribution in [1.82, 2.24) is 0 Å². The van der Waals surface area contributed by atoms with Crippen LogP contribution in [0.3, 0.4) is 0 Å². The van der Waals surface area contributed by atoms with Gasteiger partial charge in [-0.25, -0.2) is 19.2 Å². The Hall–Kier alpha value is -2.68. The molecule has 0 heterocycles. The molecule has 3 unspecified atom stereocenters. The van der Waals surface area contributed by atoms with Gasteiger partial charge in [0.05, 0.1) is 17.3 Å². The number of aliphatic hydroxyl groups excluding tert-OH is 1. The number of hydrogen-bond donors (Lipinski definition) is 5. The van der Waals surface area contributed by atoms with Crippen molar-refractivity contribution in [3.63, 3.8) is 0 Å². The molecular weight excluding hydrogens is 396 g/mol. The highest BCUT2D eigenvalue weighted by Crippen LogP contribution is 2.39. The van der Waals surface area contributed by atoms with E-state index in [9.17, 15) is 44.7 Å². The maximum Gasteiger partial charge on any atom is 0.332 e. The summed E-state index contributed by atoms with van der Waals surface area (Å²) in [6, 6.07) is 0. The Morgan fingerprint density at radius 3 is 1.73 bits per heavy atom. The van der Waals surface area contributed by atoms with Gasteiger partial charge in [0, 0.05) is 17.1 Å². The quantitative estimate of drug-likeness (QED) is 0.333. The number of rotatable bonds is 11. The van der Waals surface area contributed by atoms with E-state index in [0.717, 1.165) is 0 Å². The fraction of sp³-hybridized carbons (Fsp3) is 0.619. The normalized spacial score (nSPS) is 25.8. The van der Waals surface area contributed by atoms with Crippen LogP contribution in [-0.2, 0) is 19.2 Å². The van der Waals surface area contributed by atoms with Gasteiger partial charge in [-0.15, -0.1) is 0 Å². The second-order valence-electron chi connectivity index (χ2n) is 7.57. The first kappa shape index (κ1) is 25.4. The summed E-state index contributed by atoms with van der Waals surface area (Å²) in [4.78, 5) is 47.9. The van der Waals surface area contributed by atoms with Gasteiger partial charge in [0.1, 0.15) is 0 Å². The fourth-order valence-corrected chi connectivity index (χ4v) is 4.00. The van der Waals surface area contributed by atoms with Gasteiger partial charge in [-0.1, -0.05) is 39.5 Å². The van der Waals surface area contributed by atoms with Crippen LogP contribution in [0.4, 0.5) is 0 Å². The smallest absolute Gasteiger partial charge is 0.332 e. The minimum Gasteiger partial charge on any atom is -0.478 e. The van der Waals surface area contributed by atoms with E-state index in [0.29, 0.717) is 25.7 Å². The van der Waals surface area contributed by atoms with Crippen molar-refractivity contribution in [3.05, 3.63) is 22.3 Å². The van der Waals surface area contributed by atoms with Gasteiger partial charge < -0.3 is 25.5 Å². The molecule has 0 amide bonds. The standard InChI is InChI=1S/C21H30O9/c1-3-5-7-11-9-13(18(23)24)17(21(29)30)12(15(22)8-6-4-2)10-14(19(25)26)16(11)20(27)28/h11-12,15,22H,3-10H2,1-2H3,(H,23,24)(H,25,26)(H,27,28)(H,29,30)/b16-14-,17-13-. The second-order valence-corrected chi connectivity index (χ2v) is 7.57. The Balaban J connectivity index is 3.77. The highest BCUT2D eigenvalue weighted by atomic mass is 16.4. The van der Waals surface area contributed by atoms with Gasteiger partial charge in [0.15, 0.2) is 0 Å². The van der Waals surface area contributed by atoms with Crippen molar-refractivity contribution in [1.29, 1.82) is 0 Å². The molecule has 30 heavy (non-hydrogen) atoms. The summed E-state index contributed by atoms with van der Waals surface area (Å²) in [6.07, 6.45) is 0.430. The van der Waals surface area contributed by atoms with Crippen LogP contribution in [0.5, 0.6) is 0 Å². The Labute approximate surface area is 174 Å². The molecule has 0 fully saturated rings. The number of carboxylic acid groups (broad SMARTS) is 4. The maximum absolute atomic E-state index is 12.0. The lowest BCUT2D eigenvalue weighted by atomic mass is 9.74. The summed E-state index contributed by atoms with van der Waals surface area (Å²) >= 11 is 0. The van der Waals surface area contributed by atoms with Crippen LogP contribution in [0, 0.1) is 11.8 Å². The number of aliphatic hydroxyl groups is 1. The molecule has 0 aliphatic heterocycles. The first-order valence-corrected chi connectivity index (χ1v) is 10.1. The van der Waals surface area contributed by atoms with Crippen molar-refractivity contribution < 1.29 is 44.7 Å². The lowest BCUT2D eigenvalue weighted by molar-refractivity contribution is -0.138. The largest absolute Gasteiger partial charge is 0.478 e. The predicted molar refractivity (Wildman–Crippen MR) is 106 cm³/mol. The summed E-state index contributed by atoms with van der Waals surface area (Å²) in [6.45, 7) is 3.70. The predicted octanol–water partition coefficient (Wildman–Crippen LogP) is 2.69. The Morgan fingerprint density at radius 1 is 0.800 bits per heavy atom. The monoisotopic (exact) mass is 426 g/mol. The van der Waals surface area contributed by atoms with Gasteiger partial charge in [-0.2, -0.15) is 0 Å². The van der Waals surface area contributed by atoms with E-state index in [1.807, 2.05) is 13.8 Å². The fourth-order valence-electron chi connectivity index (χ4n) is 4.00. The molecule has 1 aliphatic carbocycles. The van der Waals surface area contributed by atoms with E-state index >= 15 is 0 Å². The maximum atomic E-state index is 12.0. The molecule has 9 nitrogen and oxygen atoms in total. The van der Waals surface area contributed by atoms with Crippen molar-refractivity contribution in [3.8, 4) is 0 Å². The highest BCUT2D eigenvalue weighted by Gasteiger charge is 2.40. The van der Waals surface area contributed by atoms with Gasteiger partial charge in [0.2, 0.25) is 0 Å². The van der Waals surface area contributed by atoms with Crippen LogP contribution in [0.15, 0.2) is 22.3 Å². The zero-order chi connectivity index (χ0) is 23.0. The second kappa shape index (κ2) is 11.5. The SMILES string of the molecule is CCCCC1C/C(C(=O)O)=C(/C(=O)O)C(C(O)CCCC)C/C(C(=O)O)=C\1C(=O)O. The Bertz CT molecular complexity index is 748. The summed E-state index contributed by atoms with van der Waals surface area (Å²) < 4.78 is 0. The molecule has 0 saturated carbocycles. The topological polar surface area (TPSA) is 169 Å². The molecule has 1 rings (SSSR count). The molecule has 9 heteroatoms. The van der Waals surface area contributed by atoms with Crippen molar-refractivity contribution >= 4 is 23.9 Å². The Kier molecular flexibility index (Phi) is 9.71. The lowest BCUT2D eigenvalue weighted by Crippen LogP contribution is -2.34. The van der Waals surface area contributed by atoms with Gasteiger partial charge >= 0.3 is 23.9 Å². The summed E-state index contributed by atoms with van der Waals surface area (Å²) in [5.74, 6) is -8.34. The lowest BCUT2D eigenvalue weighted by Gasteiger charge is -2.30. The van der Waals surface area contributed by atoms with Gasteiger partial charge in [-0.3, -0.25) is 0 Å². The van der Waals surface area contributed by atoms with E-state index < -0.39 is 77.0 Å². The molecule has 0 bridgehead atoms. The van der Waals surface area contributed by atoms with Gasteiger partial charge in [0.25, 0.3) is 0 Å². The van der Waals surface area contributed by atoms with Crippen LogP contribution in [0.2, 0.25) is 0 Å². The molecule has 0 aromatic heterocycles. The van der Waals surface area contributed by atoms with E-state index in [2.05, 4.69) is 0 Å². The Morgan fingerprint density at radius 2 is 1.30 bits per heavy atom. The average molecular weight is 426 g/mol. The third-order valence-electron chi connectivity index (χ3n) is 5.51. The molecule has 0 aromatic rings. The first-order valence-electron chi connectivity index (χ1n) is 10.1. The number of aliphatic carboxylic acids is 4. The van der Waals surface area contributed by atoms with Crippen molar-refractivity contribution in [2.24, 2.45) is 11.8 Å². The van der Waals surface area contributed by atoms with Crippen molar-refractivity contribution in [2.75, 3.05) is 0 Å². The highest BCUT2D eigenvalue weighted by molar-refractivity contribution is 6.02. The number of carbonyl (C=O) groups is 4. The third kappa shape index (κ3) is 6.16. The van der Waals surface area contributed by atoms with Crippen LogP contribution in [-0.4, -0.2) is 55.5 Å². The first-order chi connectivity index (χ1) is 14.1. The van der Waals surface area contributed by atoms with E-state index in [1.165, 1.54) is 0 Å². The minimum atomic E-state index is -1.55. The third-order valence-corrected chi connectivity index (χ3v) is 5.51. The van der Waals surface area contributed by atoms with E-state index in [-0.39, 0.29) is 12.8 Å². The molecular formula is C21H30O9. The summed E-state index contributed by atoms with van der Waals surface area (Å²) in [5.41, 5.74) is -1.91. The van der Waals surface area contributed by atoms with Crippen LogP contribution >= 0.6 is 0 Å². The minimum absolute atomic E-state index is 0.138. The number of hydrogen-bond acceptors (Lipinski definition) is 5. The van der Waals surface area contributed by atoms with Crippen LogP contribution in [0.25, 0.3) is 0 Å². The van der Waals surface area contributed by atoms with Gasteiger partial charge in [-0.05, 0) is 31.6 Å². The zero-order valence-electron chi connectivity index (χ0n) is 17.3. The molecule has 1 aliphatic rings. The van der Waals surface area contributed by atoms with Crippen LogP contribution in [0.1, 0.15) is 65.2 Å². The van der Waals surface area contributed by atoms with Crippen molar-refractivity contribution in [2.45, 2.75) is 71.3 Å². The molecule has 0 radical (unpaired) electrons. The summed E-state index contributed by atoms with van der Waals surface area (Å²) in [7, 11) is 0. The molecule has 0 aromatic carbocycles. The summed E-state index contributed by atoms with van der Waals surface area (Å²) in [5, 5.41) is 49.6. The average Bonchev–Trinajstić information content (AvgIpc) is 2.64. The zero-order valence-corrected chi connectivity index (χ0v) is 17.3. The van der Waals surface area contributed by atoms with E-state index in [4.69, 9.17) is 0 Å². The number of unbranched alkanes of at least 4 members (excludes halogenated alkanes) is 2. The molecule has 5 N–H and O–H groups in total. The molecule has 0 saturated heterocycles.